The molecule has 0 bridgehead atoms. The van der Waals surface area contributed by atoms with E-state index >= 15 is 0 Å². The molecular weight excluding hydrogens is 318 g/mol. The Labute approximate surface area is 135 Å². The van der Waals surface area contributed by atoms with Crippen LogP contribution in [0, 0.1) is 0 Å². The third kappa shape index (κ3) is 4.19. The van der Waals surface area contributed by atoms with E-state index in [1.165, 1.54) is 0 Å². The van der Waals surface area contributed by atoms with Crippen LogP contribution in [0.2, 0.25) is 0 Å². The molecule has 0 radical (unpaired) electrons. The summed E-state index contributed by atoms with van der Waals surface area (Å²) in [7, 11) is 0. The molecule has 2 heterocycles. The van der Waals surface area contributed by atoms with Crippen molar-refractivity contribution in [1.82, 2.24) is 10.2 Å². The second kappa shape index (κ2) is 7.24. The normalized spacial score (nSPS) is 10.5. The van der Waals surface area contributed by atoms with Crippen molar-refractivity contribution in [1.29, 1.82) is 0 Å². The highest BCUT2D eigenvalue weighted by molar-refractivity contribution is 7.98. The summed E-state index contributed by atoms with van der Waals surface area (Å²) in [6, 6.07) is 13.9. The highest BCUT2D eigenvalue weighted by atomic mass is 32.2. The van der Waals surface area contributed by atoms with E-state index in [1.807, 2.05) is 47.8 Å². The number of thiophene rings is 1. The fourth-order valence-corrected chi connectivity index (χ4v) is 3.22. The summed E-state index contributed by atoms with van der Waals surface area (Å²) in [6.07, 6.45) is 0.314. The molecule has 0 spiro atoms. The van der Waals surface area contributed by atoms with Crippen LogP contribution in [0.3, 0.4) is 0 Å². The van der Waals surface area contributed by atoms with Crippen molar-refractivity contribution in [2.45, 2.75) is 17.1 Å². The fourth-order valence-electron chi connectivity index (χ4n) is 1.76. The number of amides is 1. The maximum absolute atomic E-state index is 11.8. The molecule has 0 aliphatic heterocycles. The predicted octanol–water partition coefficient (Wildman–Crippen LogP) is 3.60. The minimum atomic E-state index is -0.159. The van der Waals surface area contributed by atoms with Crippen molar-refractivity contribution in [3.63, 3.8) is 0 Å². The first-order chi connectivity index (χ1) is 10.8. The van der Waals surface area contributed by atoms with E-state index in [4.69, 9.17) is 4.42 Å². The molecule has 5 nitrogen and oxygen atoms in total. The second-order valence-corrected chi connectivity index (χ2v) is 6.49. The molecule has 1 N–H and O–H groups in total. The van der Waals surface area contributed by atoms with Gasteiger partial charge < -0.3 is 4.42 Å². The summed E-state index contributed by atoms with van der Waals surface area (Å²) in [6.45, 7) is 0. The zero-order valence-corrected chi connectivity index (χ0v) is 13.2. The SMILES string of the molecule is O=C(Cc1cccs1)Nc1nnc(CSc2ccccc2)o1. The van der Waals surface area contributed by atoms with Gasteiger partial charge in [-0.05, 0) is 23.6 Å². The van der Waals surface area contributed by atoms with Crippen molar-refractivity contribution in [3.05, 3.63) is 58.6 Å². The molecule has 22 heavy (non-hydrogen) atoms. The lowest BCUT2D eigenvalue weighted by Gasteiger charge is -1.98. The Bertz CT molecular complexity index is 726. The summed E-state index contributed by atoms with van der Waals surface area (Å²) < 4.78 is 5.42. The third-order valence-corrected chi connectivity index (χ3v) is 4.61. The van der Waals surface area contributed by atoms with Gasteiger partial charge >= 0.3 is 6.01 Å². The number of benzene rings is 1. The minimum absolute atomic E-state index is 0.144. The van der Waals surface area contributed by atoms with Gasteiger partial charge in [-0.3, -0.25) is 10.1 Å². The summed E-state index contributed by atoms with van der Waals surface area (Å²) in [4.78, 5) is 14.0. The lowest BCUT2D eigenvalue weighted by Crippen LogP contribution is -2.13. The van der Waals surface area contributed by atoms with Gasteiger partial charge in [0.2, 0.25) is 11.8 Å². The molecule has 112 valence electrons. The number of rotatable bonds is 6. The molecule has 0 unspecified atom stereocenters. The minimum Gasteiger partial charge on any atom is -0.407 e. The number of carbonyl (C=O) groups is 1. The van der Waals surface area contributed by atoms with Crippen LogP contribution in [0.5, 0.6) is 0 Å². The number of aromatic nitrogens is 2. The van der Waals surface area contributed by atoms with Crippen molar-refractivity contribution in [2.24, 2.45) is 0 Å². The fraction of sp³-hybridized carbons (Fsp3) is 0.133. The largest absolute Gasteiger partial charge is 0.407 e. The molecule has 3 rings (SSSR count). The standard InChI is InChI=1S/C15H13N3O2S2/c19-13(9-12-7-4-8-21-12)16-15-18-17-14(20-15)10-22-11-5-2-1-3-6-11/h1-8H,9-10H2,(H,16,18,19). The van der Waals surface area contributed by atoms with Crippen LogP contribution in [0.15, 0.2) is 57.2 Å². The van der Waals surface area contributed by atoms with E-state index in [9.17, 15) is 4.79 Å². The third-order valence-electron chi connectivity index (χ3n) is 2.73. The first kappa shape index (κ1) is 14.8. The average Bonchev–Trinajstić information content (AvgIpc) is 3.18. The molecule has 0 aliphatic carbocycles. The number of thioether (sulfide) groups is 1. The van der Waals surface area contributed by atoms with Crippen LogP contribution in [0.4, 0.5) is 6.01 Å². The second-order valence-electron chi connectivity index (χ2n) is 4.41. The van der Waals surface area contributed by atoms with Crippen molar-refractivity contribution >= 4 is 35.0 Å². The summed E-state index contributed by atoms with van der Waals surface area (Å²) >= 11 is 3.14. The lowest BCUT2D eigenvalue weighted by atomic mass is 10.3. The maximum Gasteiger partial charge on any atom is 0.322 e. The van der Waals surface area contributed by atoms with Crippen LogP contribution in [-0.2, 0) is 17.0 Å². The molecule has 7 heteroatoms. The van der Waals surface area contributed by atoms with Gasteiger partial charge in [0.25, 0.3) is 0 Å². The summed E-state index contributed by atoms with van der Waals surface area (Å²) in [5.41, 5.74) is 0. The van der Waals surface area contributed by atoms with Crippen LogP contribution in [0.1, 0.15) is 10.8 Å². The summed E-state index contributed by atoms with van der Waals surface area (Å²) in [5.74, 6) is 0.895. The zero-order chi connectivity index (χ0) is 15.2. The van der Waals surface area contributed by atoms with Crippen molar-refractivity contribution in [3.8, 4) is 0 Å². The zero-order valence-electron chi connectivity index (χ0n) is 11.6. The number of anilines is 1. The van der Waals surface area contributed by atoms with Crippen LogP contribution in [-0.4, -0.2) is 16.1 Å². The van der Waals surface area contributed by atoms with E-state index < -0.39 is 0 Å². The molecule has 0 fully saturated rings. The Balaban J connectivity index is 1.51. The van der Waals surface area contributed by atoms with Gasteiger partial charge in [-0.25, -0.2) is 0 Å². The highest BCUT2D eigenvalue weighted by Crippen LogP contribution is 2.22. The highest BCUT2D eigenvalue weighted by Gasteiger charge is 2.11. The quantitative estimate of drug-likeness (QED) is 0.699. The molecule has 0 atom stereocenters. The van der Waals surface area contributed by atoms with Crippen molar-refractivity contribution < 1.29 is 9.21 Å². The van der Waals surface area contributed by atoms with Gasteiger partial charge in [-0.1, -0.05) is 29.4 Å². The molecule has 2 aromatic heterocycles. The number of nitrogens with one attached hydrogen (secondary N) is 1. The molecule has 1 amide bonds. The Kier molecular flexibility index (Phi) is 4.87. The molecule has 0 aliphatic rings. The Morgan fingerprint density at radius 1 is 1.18 bits per heavy atom. The number of carbonyl (C=O) groups excluding carboxylic acids is 1. The first-order valence-electron chi connectivity index (χ1n) is 6.62. The molecule has 0 saturated heterocycles. The first-order valence-corrected chi connectivity index (χ1v) is 8.48. The van der Waals surface area contributed by atoms with Gasteiger partial charge in [-0.2, -0.15) is 0 Å². The van der Waals surface area contributed by atoms with E-state index in [0.717, 1.165) is 9.77 Å². The average molecular weight is 331 g/mol. The number of hydrogen-bond acceptors (Lipinski definition) is 6. The maximum atomic E-state index is 11.8. The van der Waals surface area contributed by atoms with Crippen LogP contribution in [0.25, 0.3) is 0 Å². The monoisotopic (exact) mass is 331 g/mol. The lowest BCUT2D eigenvalue weighted by molar-refractivity contribution is -0.115. The molecule has 1 aromatic carbocycles. The predicted molar refractivity (Wildman–Crippen MR) is 87.0 cm³/mol. The van der Waals surface area contributed by atoms with E-state index in [2.05, 4.69) is 15.5 Å². The smallest absolute Gasteiger partial charge is 0.322 e. The van der Waals surface area contributed by atoms with Crippen LogP contribution >= 0.6 is 23.1 Å². The van der Waals surface area contributed by atoms with E-state index in [0.29, 0.717) is 18.1 Å². The Morgan fingerprint density at radius 3 is 2.82 bits per heavy atom. The van der Waals surface area contributed by atoms with Gasteiger partial charge in [0.1, 0.15) is 0 Å². The number of nitrogens with zero attached hydrogens (tertiary/aromatic N) is 2. The van der Waals surface area contributed by atoms with Crippen LogP contribution < -0.4 is 5.32 Å². The Hall–Kier alpha value is -2.12. The molecular formula is C15H13N3O2S2. The Morgan fingerprint density at radius 2 is 2.05 bits per heavy atom. The van der Waals surface area contributed by atoms with Crippen molar-refractivity contribution in [2.75, 3.05) is 5.32 Å². The van der Waals surface area contributed by atoms with E-state index in [-0.39, 0.29) is 11.9 Å². The van der Waals surface area contributed by atoms with Gasteiger partial charge in [-0.15, -0.1) is 28.2 Å². The van der Waals surface area contributed by atoms with E-state index in [1.54, 1.807) is 23.1 Å². The molecule has 3 aromatic rings. The van der Waals surface area contributed by atoms with Gasteiger partial charge in [0, 0.05) is 9.77 Å². The van der Waals surface area contributed by atoms with Gasteiger partial charge in [0.15, 0.2) is 0 Å². The topological polar surface area (TPSA) is 68.0 Å². The number of hydrogen-bond donors (Lipinski definition) is 1. The van der Waals surface area contributed by atoms with Gasteiger partial charge in [0.05, 0.1) is 12.2 Å². The molecule has 0 saturated carbocycles. The summed E-state index contributed by atoms with van der Waals surface area (Å²) in [5, 5.41) is 12.3.